The van der Waals surface area contributed by atoms with Gasteiger partial charge >= 0.3 is 0 Å². The van der Waals surface area contributed by atoms with Crippen LogP contribution in [0.3, 0.4) is 0 Å². The standard InChI is InChI=1S/C21H19F2N3/c1-20(2)21(22,23)16-9-4-3-7-15(16)19(25-20)26-12-24-18-14-8-5-6-13(14)10-11-17(18)26/h3-4,7,9-12H,5-6,8H2,1-2H3. The van der Waals surface area contributed by atoms with Gasteiger partial charge in [0.15, 0.2) is 0 Å². The summed E-state index contributed by atoms with van der Waals surface area (Å²) in [5.41, 5.74) is 3.51. The third-order valence-electron chi connectivity index (χ3n) is 5.68. The number of nitrogens with zero attached hydrogens (tertiary/aromatic N) is 3. The normalized spacial score (nSPS) is 19.9. The zero-order valence-electron chi connectivity index (χ0n) is 14.8. The molecular weight excluding hydrogens is 332 g/mol. The number of aromatic nitrogens is 2. The van der Waals surface area contributed by atoms with Crippen molar-refractivity contribution in [2.45, 2.75) is 44.6 Å². The number of hydrogen-bond donors (Lipinski definition) is 0. The summed E-state index contributed by atoms with van der Waals surface area (Å²) >= 11 is 0. The lowest BCUT2D eigenvalue weighted by atomic mass is 9.84. The van der Waals surface area contributed by atoms with Crippen LogP contribution in [-0.2, 0) is 18.8 Å². The van der Waals surface area contributed by atoms with E-state index in [9.17, 15) is 8.78 Å². The monoisotopic (exact) mass is 351 g/mol. The minimum Gasteiger partial charge on any atom is -0.283 e. The van der Waals surface area contributed by atoms with Crippen molar-refractivity contribution < 1.29 is 8.78 Å². The molecule has 2 heterocycles. The molecule has 2 aliphatic rings. The third-order valence-corrected chi connectivity index (χ3v) is 5.68. The summed E-state index contributed by atoms with van der Waals surface area (Å²) in [7, 11) is 0. The number of imidazole rings is 1. The van der Waals surface area contributed by atoms with Crippen LogP contribution in [0.25, 0.3) is 11.0 Å². The Hall–Kier alpha value is -2.56. The molecule has 0 N–H and O–H groups in total. The molecule has 0 fully saturated rings. The molecule has 26 heavy (non-hydrogen) atoms. The number of benzene rings is 2. The van der Waals surface area contributed by atoms with Crippen molar-refractivity contribution in [3.05, 3.63) is 65.0 Å². The molecule has 1 aromatic heterocycles. The van der Waals surface area contributed by atoms with Crippen molar-refractivity contribution in [2.24, 2.45) is 4.99 Å². The minimum atomic E-state index is -3.02. The number of halogens is 2. The Balaban J connectivity index is 1.79. The Kier molecular flexibility index (Phi) is 3.01. The van der Waals surface area contributed by atoms with Crippen LogP contribution in [0.15, 0.2) is 47.7 Å². The van der Waals surface area contributed by atoms with Gasteiger partial charge in [-0.3, -0.25) is 9.56 Å². The Labute approximate surface area is 150 Å². The van der Waals surface area contributed by atoms with E-state index >= 15 is 0 Å². The van der Waals surface area contributed by atoms with Gasteiger partial charge in [0.05, 0.1) is 11.0 Å². The molecule has 1 aliphatic carbocycles. The van der Waals surface area contributed by atoms with Gasteiger partial charge in [-0.1, -0.05) is 30.3 Å². The SMILES string of the molecule is CC1(C)N=C(n2cnc3c4c(ccc32)CCC4)c2ccccc2C1(F)F. The lowest BCUT2D eigenvalue weighted by molar-refractivity contribution is -0.0684. The largest absolute Gasteiger partial charge is 0.298 e. The molecule has 0 saturated heterocycles. The Morgan fingerprint density at radius 1 is 1.04 bits per heavy atom. The highest BCUT2D eigenvalue weighted by atomic mass is 19.3. The quantitative estimate of drug-likeness (QED) is 0.577. The molecule has 0 spiro atoms. The molecule has 3 nitrogen and oxygen atoms in total. The van der Waals surface area contributed by atoms with E-state index < -0.39 is 11.5 Å². The highest BCUT2D eigenvalue weighted by Crippen LogP contribution is 2.46. The maximum absolute atomic E-state index is 15.0. The maximum atomic E-state index is 15.0. The van der Waals surface area contributed by atoms with Gasteiger partial charge < -0.3 is 0 Å². The predicted octanol–water partition coefficient (Wildman–Crippen LogP) is 4.70. The van der Waals surface area contributed by atoms with E-state index in [2.05, 4.69) is 16.0 Å². The van der Waals surface area contributed by atoms with Gasteiger partial charge in [-0.05, 0) is 50.3 Å². The number of alkyl halides is 2. The maximum Gasteiger partial charge on any atom is 0.298 e. The Bertz CT molecular complexity index is 1080. The summed E-state index contributed by atoms with van der Waals surface area (Å²) in [5.74, 6) is -2.48. The van der Waals surface area contributed by atoms with Crippen LogP contribution in [0.1, 0.15) is 42.5 Å². The van der Waals surface area contributed by atoms with Crippen LogP contribution < -0.4 is 0 Å². The smallest absolute Gasteiger partial charge is 0.283 e. The molecule has 3 aromatic rings. The van der Waals surface area contributed by atoms with Crippen LogP contribution in [-0.4, -0.2) is 20.9 Å². The first-order valence-corrected chi connectivity index (χ1v) is 8.96. The summed E-state index contributed by atoms with van der Waals surface area (Å²) < 4.78 is 31.8. The zero-order valence-corrected chi connectivity index (χ0v) is 14.8. The fourth-order valence-electron chi connectivity index (χ4n) is 4.18. The first-order chi connectivity index (χ1) is 12.4. The lowest BCUT2D eigenvalue weighted by Gasteiger charge is -2.37. The van der Waals surface area contributed by atoms with Crippen molar-refractivity contribution in [3.8, 4) is 0 Å². The average Bonchev–Trinajstić information content (AvgIpc) is 3.24. The lowest BCUT2D eigenvalue weighted by Crippen LogP contribution is -2.45. The van der Waals surface area contributed by atoms with Gasteiger partial charge in [0.25, 0.3) is 5.92 Å². The molecule has 0 atom stereocenters. The Morgan fingerprint density at radius 2 is 1.85 bits per heavy atom. The van der Waals surface area contributed by atoms with E-state index in [1.54, 1.807) is 24.5 Å². The summed E-state index contributed by atoms with van der Waals surface area (Å²) in [5, 5.41) is 0. The molecule has 0 unspecified atom stereocenters. The first kappa shape index (κ1) is 15.7. The molecule has 5 rings (SSSR count). The minimum absolute atomic E-state index is 0.0259. The van der Waals surface area contributed by atoms with Crippen LogP contribution in [0.5, 0.6) is 0 Å². The summed E-state index contributed by atoms with van der Waals surface area (Å²) in [6, 6.07) is 10.8. The van der Waals surface area contributed by atoms with Crippen molar-refractivity contribution in [2.75, 3.05) is 0 Å². The summed E-state index contributed by atoms with van der Waals surface area (Å²) in [6.45, 7) is 2.97. The van der Waals surface area contributed by atoms with E-state index in [-0.39, 0.29) is 5.56 Å². The van der Waals surface area contributed by atoms with Crippen molar-refractivity contribution in [1.29, 1.82) is 0 Å². The van der Waals surface area contributed by atoms with Gasteiger partial charge in [-0.15, -0.1) is 0 Å². The van der Waals surface area contributed by atoms with E-state index in [1.165, 1.54) is 31.0 Å². The highest BCUT2D eigenvalue weighted by Gasteiger charge is 2.52. The predicted molar refractivity (Wildman–Crippen MR) is 98.1 cm³/mol. The van der Waals surface area contributed by atoms with Crippen LogP contribution in [0, 0.1) is 0 Å². The number of fused-ring (bicyclic) bond motifs is 4. The zero-order chi connectivity index (χ0) is 18.1. The first-order valence-electron chi connectivity index (χ1n) is 8.96. The second-order valence-corrected chi connectivity index (χ2v) is 7.65. The van der Waals surface area contributed by atoms with Crippen molar-refractivity contribution >= 4 is 16.9 Å². The molecule has 5 heteroatoms. The molecule has 0 radical (unpaired) electrons. The molecule has 0 saturated carbocycles. The highest BCUT2D eigenvalue weighted by molar-refractivity contribution is 6.07. The fraction of sp³-hybridized carbons (Fsp3) is 0.333. The van der Waals surface area contributed by atoms with E-state index in [4.69, 9.17) is 0 Å². The second kappa shape index (κ2) is 5.00. The topological polar surface area (TPSA) is 30.2 Å². The number of aryl methyl sites for hydroxylation is 2. The number of rotatable bonds is 0. The molecule has 1 aliphatic heterocycles. The van der Waals surface area contributed by atoms with Gasteiger partial charge in [0, 0.05) is 11.1 Å². The molecule has 0 amide bonds. The van der Waals surface area contributed by atoms with Crippen molar-refractivity contribution in [1.82, 2.24) is 9.55 Å². The number of aliphatic imine (C=N–C) groups is 1. The molecule has 2 aromatic carbocycles. The van der Waals surface area contributed by atoms with Crippen LogP contribution in [0.2, 0.25) is 0 Å². The third kappa shape index (κ3) is 1.91. The summed E-state index contributed by atoms with van der Waals surface area (Å²) in [4.78, 5) is 9.10. The van der Waals surface area contributed by atoms with E-state index in [0.29, 0.717) is 11.4 Å². The number of hydrogen-bond acceptors (Lipinski definition) is 2. The summed E-state index contributed by atoms with van der Waals surface area (Å²) in [6.07, 6.45) is 4.97. The van der Waals surface area contributed by atoms with Gasteiger partial charge in [0.2, 0.25) is 0 Å². The van der Waals surface area contributed by atoms with Crippen molar-refractivity contribution in [3.63, 3.8) is 0 Å². The van der Waals surface area contributed by atoms with Crippen LogP contribution >= 0.6 is 0 Å². The van der Waals surface area contributed by atoms with Crippen LogP contribution in [0.4, 0.5) is 8.78 Å². The fourth-order valence-corrected chi connectivity index (χ4v) is 4.18. The average molecular weight is 351 g/mol. The van der Waals surface area contributed by atoms with E-state index in [0.717, 1.165) is 30.3 Å². The van der Waals surface area contributed by atoms with Gasteiger partial charge in [-0.2, -0.15) is 8.78 Å². The molecule has 0 bridgehead atoms. The van der Waals surface area contributed by atoms with Gasteiger partial charge in [-0.25, -0.2) is 4.98 Å². The molecular formula is C21H19F2N3. The van der Waals surface area contributed by atoms with E-state index in [1.807, 2.05) is 10.6 Å². The van der Waals surface area contributed by atoms with Gasteiger partial charge in [0.1, 0.15) is 17.7 Å². The molecule has 132 valence electrons. The Morgan fingerprint density at radius 3 is 2.69 bits per heavy atom. The second-order valence-electron chi connectivity index (χ2n) is 7.65.